The summed E-state index contributed by atoms with van der Waals surface area (Å²) in [6, 6.07) is 18.2. The molecule has 27 heavy (non-hydrogen) atoms. The van der Waals surface area contributed by atoms with E-state index in [2.05, 4.69) is 21.2 Å². The summed E-state index contributed by atoms with van der Waals surface area (Å²) in [5.41, 5.74) is 1.27. The summed E-state index contributed by atoms with van der Waals surface area (Å²) in [4.78, 5) is 13.1. The van der Waals surface area contributed by atoms with Gasteiger partial charge in [0.15, 0.2) is 0 Å². The van der Waals surface area contributed by atoms with E-state index < -0.39 is 10.8 Å². The molecule has 1 unspecified atom stereocenters. The number of fused-ring (bicyclic) bond motifs is 2. The molecule has 1 atom stereocenters. The highest BCUT2D eigenvalue weighted by atomic mass is 79.9. The SMILES string of the molecule is O=C1Nc2ccc(Br)cc2C12CC2(c1cccc(F)c1)c1cccc(F)c1. The highest BCUT2D eigenvalue weighted by Gasteiger charge is 2.76. The van der Waals surface area contributed by atoms with Gasteiger partial charge in [-0.15, -0.1) is 0 Å². The van der Waals surface area contributed by atoms with Crippen LogP contribution in [0.5, 0.6) is 0 Å². The minimum absolute atomic E-state index is 0.135. The molecule has 2 aliphatic rings. The highest BCUT2D eigenvalue weighted by molar-refractivity contribution is 9.10. The maximum absolute atomic E-state index is 14.1. The Hall–Kier alpha value is -2.53. The Bertz CT molecular complexity index is 1070. The molecule has 1 N–H and O–H groups in total. The van der Waals surface area contributed by atoms with Gasteiger partial charge in [-0.2, -0.15) is 0 Å². The molecule has 5 rings (SSSR count). The van der Waals surface area contributed by atoms with E-state index in [1.54, 1.807) is 12.1 Å². The molecule has 3 aromatic rings. The summed E-state index contributed by atoms with van der Waals surface area (Å²) in [5, 5.41) is 2.95. The third-order valence-electron chi connectivity index (χ3n) is 5.85. The quantitative estimate of drug-likeness (QED) is 0.592. The Morgan fingerprint density at radius 2 is 1.48 bits per heavy atom. The fourth-order valence-electron chi connectivity index (χ4n) is 4.65. The van der Waals surface area contributed by atoms with Crippen molar-refractivity contribution in [3.05, 3.63) is 99.5 Å². The summed E-state index contributed by atoms with van der Waals surface area (Å²) < 4.78 is 29.0. The molecular weight excluding hydrogens is 412 g/mol. The van der Waals surface area contributed by atoms with Crippen molar-refractivity contribution in [2.24, 2.45) is 0 Å². The number of rotatable bonds is 2. The molecule has 0 aromatic heterocycles. The molecule has 1 aliphatic heterocycles. The normalized spacial score (nSPS) is 21.8. The number of hydrogen-bond donors (Lipinski definition) is 1. The molecule has 1 aliphatic carbocycles. The van der Waals surface area contributed by atoms with Crippen molar-refractivity contribution < 1.29 is 13.6 Å². The van der Waals surface area contributed by atoms with Crippen LogP contribution in [-0.2, 0) is 15.6 Å². The maximum Gasteiger partial charge on any atom is 0.236 e. The second-order valence-corrected chi connectivity index (χ2v) is 8.07. The zero-order chi connectivity index (χ0) is 18.8. The lowest BCUT2D eigenvalue weighted by molar-refractivity contribution is -0.118. The number of amides is 1. The molecule has 0 bridgehead atoms. The molecule has 0 saturated heterocycles. The van der Waals surface area contributed by atoms with Crippen LogP contribution in [0.3, 0.4) is 0 Å². The number of anilines is 1. The molecule has 1 saturated carbocycles. The molecule has 1 fully saturated rings. The van der Waals surface area contributed by atoms with Crippen LogP contribution in [0.2, 0.25) is 0 Å². The number of benzene rings is 3. The number of carbonyl (C=O) groups excluding carboxylic acids is 1. The fourth-order valence-corrected chi connectivity index (χ4v) is 5.02. The lowest BCUT2D eigenvalue weighted by Crippen LogP contribution is -2.30. The third kappa shape index (κ3) is 2.12. The smallest absolute Gasteiger partial charge is 0.236 e. The average molecular weight is 426 g/mol. The monoisotopic (exact) mass is 425 g/mol. The van der Waals surface area contributed by atoms with E-state index in [0.717, 1.165) is 15.7 Å². The summed E-state index contributed by atoms with van der Waals surface area (Å²) in [6.07, 6.45) is 0.461. The molecule has 1 amide bonds. The van der Waals surface area contributed by atoms with Crippen molar-refractivity contribution in [1.29, 1.82) is 0 Å². The van der Waals surface area contributed by atoms with Crippen LogP contribution in [0, 0.1) is 11.6 Å². The van der Waals surface area contributed by atoms with Gasteiger partial charge in [0.25, 0.3) is 0 Å². The van der Waals surface area contributed by atoms with Gasteiger partial charge in [0.1, 0.15) is 11.6 Å². The maximum atomic E-state index is 14.1. The van der Waals surface area contributed by atoms with Gasteiger partial charge in [0, 0.05) is 15.6 Å². The van der Waals surface area contributed by atoms with Crippen molar-refractivity contribution in [2.75, 3.05) is 5.32 Å². The molecule has 0 radical (unpaired) electrons. The number of halogens is 3. The van der Waals surface area contributed by atoms with Crippen molar-refractivity contribution in [2.45, 2.75) is 17.3 Å². The van der Waals surface area contributed by atoms with Gasteiger partial charge in [-0.3, -0.25) is 4.79 Å². The van der Waals surface area contributed by atoms with Crippen LogP contribution in [0.4, 0.5) is 14.5 Å². The second kappa shape index (κ2) is 5.49. The first-order chi connectivity index (χ1) is 13.0. The Morgan fingerprint density at radius 1 is 0.852 bits per heavy atom. The van der Waals surface area contributed by atoms with E-state index in [0.29, 0.717) is 17.5 Å². The zero-order valence-corrected chi connectivity index (χ0v) is 15.7. The Balaban J connectivity index is 1.81. The topological polar surface area (TPSA) is 29.1 Å². The summed E-state index contributed by atoms with van der Waals surface area (Å²) in [5.74, 6) is -0.888. The Labute approximate surface area is 163 Å². The zero-order valence-electron chi connectivity index (χ0n) is 14.1. The van der Waals surface area contributed by atoms with Crippen molar-refractivity contribution in [3.63, 3.8) is 0 Å². The van der Waals surface area contributed by atoms with E-state index in [1.807, 2.05) is 30.3 Å². The second-order valence-electron chi connectivity index (χ2n) is 7.15. The predicted octanol–water partition coefficient (Wildman–Crippen LogP) is 5.31. The minimum atomic E-state index is -0.881. The van der Waals surface area contributed by atoms with E-state index in [-0.39, 0.29) is 17.5 Å². The number of nitrogens with one attached hydrogen (secondary N) is 1. The van der Waals surface area contributed by atoms with Crippen LogP contribution < -0.4 is 5.32 Å². The van der Waals surface area contributed by atoms with E-state index >= 15 is 0 Å². The number of carbonyl (C=O) groups is 1. The summed E-state index contributed by atoms with van der Waals surface area (Å²) in [6.45, 7) is 0. The van der Waals surface area contributed by atoms with Gasteiger partial charge in [-0.05, 0) is 65.6 Å². The van der Waals surface area contributed by atoms with Gasteiger partial charge in [-0.1, -0.05) is 40.2 Å². The molecular formula is C22H14BrF2NO. The van der Waals surface area contributed by atoms with Crippen LogP contribution in [-0.4, -0.2) is 5.91 Å². The molecule has 3 aromatic carbocycles. The lowest BCUT2D eigenvalue weighted by atomic mass is 9.77. The van der Waals surface area contributed by atoms with Crippen LogP contribution in [0.25, 0.3) is 0 Å². The Morgan fingerprint density at radius 3 is 2.07 bits per heavy atom. The average Bonchev–Trinajstić information content (AvgIpc) is 3.28. The first kappa shape index (κ1) is 16.6. The minimum Gasteiger partial charge on any atom is -0.325 e. The fraction of sp³-hybridized carbons (Fsp3) is 0.136. The Kier molecular flexibility index (Phi) is 3.38. The van der Waals surface area contributed by atoms with E-state index in [4.69, 9.17) is 0 Å². The van der Waals surface area contributed by atoms with Crippen LogP contribution in [0.15, 0.2) is 71.2 Å². The van der Waals surface area contributed by atoms with Gasteiger partial charge in [-0.25, -0.2) is 8.78 Å². The molecule has 134 valence electrons. The molecule has 5 heteroatoms. The lowest BCUT2D eigenvalue weighted by Gasteiger charge is -2.23. The van der Waals surface area contributed by atoms with Crippen molar-refractivity contribution in [1.82, 2.24) is 0 Å². The summed E-state index contributed by atoms with van der Waals surface area (Å²) >= 11 is 3.48. The van der Waals surface area contributed by atoms with Gasteiger partial charge >= 0.3 is 0 Å². The van der Waals surface area contributed by atoms with Crippen LogP contribution >= 0.6 is 15.9 Å². The first-order valence-electron chi connectivity index (χ1n) is 8.61. The highest BCUT2D eigenvalue weighted by Crippen LogP contribution is 2.72. The standard InChI is InChI=1S/C22H14BrF2NO/c23-15-7-8-19-18(11-15)22(20(27)26-19)12-21(22,13-3-1-5-16(24)9-13)14-4-2-6-17(25)10-14/h1-11H,12H2,(H,26,27). The summed E-state index contributed by atoms with van der Waals surface area (Å²) in [7, 11) is 0. The van der Waals surface area contributed by atoms with Crippen molar-refractivity contribution >= 4 is 27.5 Å². The molecule has 2 nitrogen and oxygen atoms in total. The largest absolute Gasteiger partial charge is 0.325 e. The van der Waals surface area contributed by atoms with E-state index in [1.165, 1.54) is 24.3 Å². The van der Waals surface area contributed by atoms with Gasteiger partial charge in [0.05, 0.1) is 5.41 Å². The predicted molar refractivity (Wildman–Crippen MR) is 103 cm³/mol. The molecule has 1 heterocycles. The van der Waals surface area contributed by atoms with Gasteiger partial charge < -0.3 is 5.32 Å². The van der Waals surface area contributed by atoms with Crippen LogP contribution in [0.1, 0.15) is 23.1 Å². The van der Waals surface area contributed by atoms with E-state index in [9.17, 15) is 13.6 Å². The van der Waals surface area contributed by atoms with Gasteiger partial charge in [0.2, 0.25) is 5.91 Å². The first-order valence-corrected chi connectivity index (χ1v) is 9.40. The molecule has 1 spiro atoms. The number of hydrogen-bond acceptors (Lipinski definition) is 1. The van der Waals surface area contributed by atoms with Crippen molar-refractivity contribution in [3.8, 4) is 0 Å². The third-order valence-corrected chi connectivity index (χ3v) is 6.34.